The van der Waals surface area contributed by atoms with Crippen LogP contribution in [-0.2, 0) is 0 Å². The van der Waals surface area contributed by atoms with Crippen molar-refractivity contribution >= 4 is 34.8 Å². The summed E-state index contributed by atoms with van der Waals surface area (Å²) in [6.07, 6.45) is 9.69. The summed E-state index contributed by atoms with van der Waals surface area (Å²) in [5, 5.41) is 1.99. The third kappa shape index (κ3) is 2.40. The van der Waals surface area contributed by atoms with Crippen LogP contribution in [0.3, 0.4) is 0 Å². The smallest absolute Gasteiger partial charge is 0.273 e. The zero-order valence-corrected chi connectivity index (χ0v) is 11.9. The minimum absolute atomic E-state index is 0.119. The van der Waals surface area contributed by atoms with Gasteiger partial charge in [-0.05, 0) is 37.0 Å². The topological polar surface area (TPSA) is 77.3 Å². The van der Waals surface area contributed by atoms with E-state index in [1.807, 2.05) is 12.3 Å². The molecule has 0 spiro atoms. The average molecular weight is 301 g/mol. The van der Waals surface area contributed by atoms with Crippen LogP contribution in [-0.4, -0.2) is 19.9 Å². The molecular weight excluding hydrogens is 288 g/mol. The Morgan fingerprint density at radius 3 is 3.00 bits per heavy atom. The molecule has 0 radical (unpaired) electrons. The number of H-pyrrole nitrogens is 3. The highest BCUT2D eigenvalue weighted by Gasteiger charge is 2.18. The van der Waals surface area contributed by atoms with E-state index in [9.17, 15) is 4.79 Å². The lowest BCUT2D eigenvalue weighted by molar-refractivity contribution is 1.11. The zero-order valence-electron chi connectivity index (χ0n) is 11.1. The van der Waals surface area contributed by atoms with Gasteiger partial charge in [-0.25, -0.2) is 4.98 Å². The molecule has 5 nitrogen and oxygen atoms in total. The molecular formula is C15H13ClN4O. The highest BCUT2D eigenvalue weighted by Crippen LogP contribution is 2.29. The molecule has 0 atom stereocenters. The Balaban J connectivity index is 1.88. The van der Waals surface area contributed by atoms with Crippen molar-refractivity contribution in [3.8, 4) is 0 Å². The van der Waals surface area contributed by atoms with Crippen LogP contribution in [0, 0.1) is 5.92 Å². The fourth-order valence-corrected chi connectivity index (χ4v) is 2.54. The summed E-state index contributed by atoms with van der Waals surface area (Å²) in [6.45, 7) is 0. The number of nitrogens with zero attached hydrogens (tertiary/aromatic N) is 1. The second kappa shape index (κ2) is 4.63. The first-order valence-electron chi connectivity index (χ1n) is 6.83. The molecule has 21 heavy (non-hydrogen) atoms. The van der Waals surface area contributed by atoms with Gasteiger partial charge in [-0.3, -0.25) is 4.79 Å². The quantitative estimate of drug-likeness (QED) is 0.666. The van der Waals surface area contributed by atoms with Crippen molar-refractivity contribution in [1.29, 1.82) is 0 Å². The molecule has 0 amide bonds. The predicted molar refractivity (Wildman–Crippen MR) is 82.5 cm³/mol. The number of imidazole rings is 1. The molecule has 0 saturated heterocycles. The molecule has 1 fully saturated rings. The van der Waals surface area contributed by atoms with Gasteiger partial charge in [-0.2, -0.15) is 0 Å². The highest BCUT2D eigenvalue weighted by molar-refractivity contribution is 6.31. The van der Waals surface area contributed by atoms with E-state index in [-0.39, 0.29) is 5.56 Å². The number of hydrogen-bond donors (Lipinski definition) is 3. The molecule has 3 N–H and O–H groups in total. The minimum Gasteiger partial charge on any atom is -0.346 e. The minimum atomic E-state index is -0.119. The third-order valence-electron chi connectivity index (χ3n) is 3.62. The number of halogens is 1. The van der Waals surface area contributed by atoms with Crippen molar-refractivity contribution in [3.63, 3.8) is 0 Å². The summed E-state index contributed by atoms with van der Waals surface area (Å²) >= 11 is 5.98. The van der Waals surface area contributed by atoms with Crippen LogP contribution in [0.25, 0.3) is 23.2 Å². The van der Waals surface area contributed by atoms with Crippen LogP contribution in [0.1, 0.15) is 18.4 Å². The van der Waals surface area contributed by atoms with Crippen LogP contribution in [0.15, 0.2) is 23.3 Å². The van der Waals surface area contributed by atoms with Gasteiger partial charge in [0.25, 0.3) is 5.56 Å². The van der Waals surface area contributed by atoms with Crippen LogP contribution in [0.2, 0.25) is 5.02 Å². The lowest BCUT2D eigenvalue weighted by Crippen LogP contribution is -2.22. The molecule has 0 bridgehead atoms. The number of hydrogen-bond acceptors (Lipinski definition) is 2. The number of nitrogens with one attached hydrogen (secondary N) is 3. The van der Waals surface area contributed by atoms with Gasteiger partial charge in [-0.15, -0.1) is 0 Å². The van der Waals surface area contributed by atoms with E-state index in [4.69, 9.17) is 11.6 Å². The lowest BCUT2D eigenvalue weighted by atomic mass is 10.2. The largest absolute Gasteiger partial charge is 0.346 e. The summed E-state index contributed by atoms with van der Waals surface area (Å²) in [4.78, 5) is 25.2. The first kappa shape index (κ1) is 12.5. The monoisotopic (exact) mass is 300 g/mol. The van der Waals surface area contributed by atoms with Gasteiger partial charge in [-0.1, -0.05) is 11.6 Å². The number of pyridine rings is 1. The van der Waals surface area contributed by atoms with Gasteiger partial charge in [0.1, 0.15) is 16.5 Å². The third-order valence-corrected chi connectivity index (χ3v) is 3.82. The fourth-order valence-electron chi connectivity index (χ4n) is 2.38. The van der Waals surface area contributed by atoms with Crippen molar-refractivity contribution in [3.05, 3.63) is 50.2 Å². The Morgan fingerprint density at radius 2 is 2.19 bits per heavy atom. The molecule has 4 rings (SSSR count). The Morgan fingerprint density at radius 1 is 1.33 bits per heavy atom. The maximum absolute atomic E-state index is 12.0. The van der Waals surface area contributed by atoms with Crippen molar-refractivity contribution < 1.29 is 0 Å². The van der Waals surface area contributed by atoms with E-state index < -0.39 is 0 Å². The number of rotatable bonds is 2. The Bertz CT molecular complexity index is 991. The molecule has 3 heterocycles. The normalized spacial score (nSPS) is 17.0. The Hall–Kier alpha value is -2.27. The van der Waals surface area contributed by atoms with E-state index in [1.54, 1.807) is 12.3 Å². The maximum Gasteiger partial charge on any atom is 0.273 e. The van der Waals surface area contributed by atoms with Crippen molar-refractivity contribution in [1.82, 2.24) is 19.9 Å². The van der Waals surface area contributed by atoms with Gasteiger partial charge >= 0.3 is 0 Å². The summed E-state index contributed by atoms with van der Waals surface area (Å²) in [6, 6.07) is 1.83. The maximum atomic E-state index is 12.0. The van der Waals surface area contributed by atoms with Gasteiger partial charge in [0.05, 0.1) is 5.02 Å². The molecule has 106 valence electrons. The van der Waals surface area contributed by atoms with Crippen molar-refractivity contribution in [2.75, 3.05) is 0 Å². The van der Waals surface area contributed by atoms with Gasteiger partial charge < -0.3 is 15.0 Å². The molecule has 3 aromatic rings. The summed E-state index contributed by atoms with van der Waals surface area (Å²) in [5.41, 5.74) is 2.29. The van der Waals surface area contributed by atoms with Crippen LogP contribution in [0.4, 0.5) is 0 Å². The Labute approximate surface area is 124 Å². The van der Waals surface area contributed by atoms with Gasteiger partial charge in [0.15, 0.2) is 0 Å². The zero-order chi connectivity index (χ0) is 14.4. The van der Waals surface area contributed by atoms with E-state index in [0.29, 0.717) is 16.3 Å². The SMILES string of the molecule is O=c1[nH]c(=CC2CC2)[nH]c1=Cc1c[nH]c2ncc(Cl)cc12. The summed E-state index contributed by atoms with van der Waals surface area (Å²) in [5.74, 6) is 0.600. The molecule has 1 aliphatic carbocycles. The second-order valence-corrected chi connectivity index (χ2v) is 5.79. The van der Waals surface area contributed by atoms with Crippen molar-refractivity contribution in [2.24, 2.45) is 5.92 Å². The number of aromatic nitrogens is 4. The second-order valence-electron chi connectivity index (χ2n) is 5.35. The van der Waals surface area contributed by atoms with Gasteiger partial charge in [0.2, 0.25) is 0 Å². The van der Waals surface area contributed by atoms with Crippen LogP contribution < -0.4 is 16.4 Å². The first-order valence-corrected chi connectivity index (χ1v) is 7.21. The Kier molecular flexibility index (Phi) is 2.75. The fraction of sp³-hybridized carbons (Fsp3) is 0.200. The molecule has 0 aromatic carbocycles. The van der Waals surface area contributed by atoms with E-state index in [1.165, 1.54) is 12.8 Å². The van der Waals surface area contributed by atoms with Gasteiger partial charge in [0, 0.05) is 23.3 Å². The molecule has 1 saturated carbocycles. The summed E-state index contributed by atoms with van der Waals surface area (Å²) < 4.78 is 0. The summed E-state index contributed by atoms with van der Waals surface area (Å²) in [7, 11) is 0. The van der Waals surface area contributed by atoms with E-state index >= 15 is 0 Å². The van der Waals surface area contributed by atoms with E-state index in [0.717, 1.165) is 22.1 Å². The van der Waals surface area contributed by atoms with E-state index in [2.05, 4.69) is 26.0 Å². The molecule has 0 unspecified atom stereocenters. The number of aromatic amines is 3. The molecule has 3 aromatic heterocycles. The molecule has 0 aliphatic heterocycles. The molecule has 6 heteroatoms. The lowest BCUT2D eigenvalue weighted by Gasteiger charge is -1.91. The first-order chi connectivity index (χ1) is 10.2. The predicted octanol–water partition coefficient (Wildman–Crippen LogP) is 1.25. The van der Waals surface area contributed by atoms with Crippen molar-refractivity contribution in [2.45, 2.75) is 12.8 Å². The highest BCUT2D eigenvalue weighted by atomic mass is 35.5. The van der Waals surface area contributed by atoms with Crippen LogP contribution >= 0.6 is 11.6 Å². The van der Waals surface area contributed by atoms with Crippen LogP contribution in [0.5, 0.6) is 0 Å². The molecule has 1 aliphatic rings. The number of fused-ring (bicyclic) bond motifs is 1. The average Bonchev–Trinajstić information content (AvgIpc) is 3.08. The standard InChI is InChI=1S/C15H13ClN4O/c16-10-5-11-9(6-17-14(11)18-7-10)4-12-15(21)20-13(19-12)3-8-1-2-8/h3-8,19H,1-2H2,(H,17,18)(H,20,21).